The molecule has 0 atom stereocenters. The van der Waals surface area contributed by atoms with Crippen LogP contribution in [0.4, 0.5) is 5.88 Å². The quantitative estimate of drug-likeness (QED) is 0.793. The zero-order valence-electron chi connectivity index (χ0n) is 7.30. The highest BCUT2D eigenvalue weighted by Crippen LogP contribution is 2.25. The summed E-state index contributed by atoms with van der Waals surface area (Å²) in [4.78, 5) is 0. The smallest absolute Gasteiger partial charge is 0.194 e. The highest BCUT2D eigenvalue weighted by Gasteiger charge is 2.02. The van der Waals surface area contributed by atoms with E-state index in [9.17, 15) is 0 Å². The number of furan rings is 1. The van der Waals surface area contributed by atoms with Crippen LogP contribution < -0.4 is 5.32 Å². The first kappa shape index (κ1) is 8.45. The molecule has 1 N–H and O–H groups in total. The van der Waals surface area contributed by atoms with Gasteiger partial charge in [-0.05, 0) is 25.1 Å². The van der Waals surface area contributed by atoms with Crippen LogP contribution in [-0.2, 0) is 0 Å². The number of rotatable bonds is 2. The minimum Gasteiger partial charge on any atom is -0.441 e. The van der Waals surface area contributed by atoms with Gasteiger partial charge >= 0.3 is 0 Å². The molecule has 0 bridgehead atoms. The summed E-state index contributed by atoms with van der Waals surface area (Å²) in [6, 6.07) is 7.54. The van der Waals surface area contributed by atoms with E-state index in [1.807, 2.05) is 31.2 Å². The fourth-order valence-electron chi connectivity index (χ4n) is 1.28. The normalized spacial score (nSPS) is 10.6. The number of anilines is 1. The van der Waals surface area contributed by atoms with Crippen molar-refractivity contribution < 1.29 is 4.42 Å². The van der Waals surface area contributed by atoms with E-state index >= 15 is 0 Å². The van der Waals surface area contributed by atoms with E-state index in [1.165, 1.54) is 0 Å². The van der Waals surface area contributed by atoms with Crippen LogP contribution in [0.3, 0.4) is 0 Å². The number of fused-ring (bicyclic) bond motifs is 1. The van der Waals surface area contributed by atoms with Crippen molar-refractivity contribution in [3.05, 3.63) is 29.3 Å². The van der Waals surface area contributed by atoms with Crippen LogP contribution in [0.5, 0.6) is 0 Å². The van der Waals surface area contributed by atoms with Crippen molar-refractivity contribution >= 4 is 28.5 Å². The van der Waals surface area contributed by atoms with Gasteiger partial charge in [0.05, 0.1) is 0 Å². The minimum atomic E-state index is 0.733. The SMILES string of the molecule is CCNc1cc2cc(Cl)ccc2o1. The topological polar surface area (TPSA) is 25.2 Å². The van der Waals surface area contributed by atoms with Gasteiger partial charge in [0.25, 0.3) is 0 Å². The molecule has 0 aliphatic rings. The van der Waals surface area contributed by atoms with Gasteiger partial charge < -0.3 is 9.73 Å². The first-order valence-corrected chi connectivity index (χ1v) is 4.60. The highest BCUT2D eigenvalue weighted by atomic mass is 35.5. The van der Waals surface area contributed by atoms with E-state index in [0.29, 0.717) is 0 Å². The molecule has 1 aromatic carbocycles. The Morgan fingerprint density at radius 2 is 2.23 bits per heavy atom. The van der Waals surface area contributed by atoms with Crippen LogP contribution in [0.25, 0.3) is 11.0 Å². The van der Waals surface area contributed by atoms with Crippen LogP contribution in [0, 0.1) is 0 Å². The standard InChI is InChI=1S/C10H10ClNO/c1-2-12-10-6-7-5-8(11)3-4-9(7)13-10/h3-6,12H,2H2,1H3. The van der Waals surface area contributed by atoms with Gasteiger partial charge in [-0.3, -0.25) is 0 Å². The summed E-state index contributed by atoms with van der Waals surface area (Å²) in [5.74, 6) is 0.791. The summed E-state index contributed by atoms with van der Waals surface area (Å²) in [5, 5.41) is 4.87. The molecule has 68 valence electrons. The van der Waals surface area contributed by atoms with E-state index < -0.39 is 0 Å². The van der Waals surface area contributed by atoms with Crippen molar-refractivity contribution in [1.29, 1.82) is 0 Å². The lowest BCUT2D eigenvalue weighted by molar-refractivity contribution is 0.628. The lowest BCUT2D eigenvalue weighted by atomic mass is 10.2. The Bertz CT molecular complexity index is 422. The Morgan fingerprint density at radius 1 is 1.38 bits per heavy atom. The molecular weight excluding hydrogens is 186 g/mol. The Labute approximate surface area is 81.5 Å². The van der Waals surface area contributed by atoms with Gasteiger partial charge in [0.2, 0.25) is 0 Å². The Hall–Kier alpha value is -1.15. The van der Waals surface area contributed by atoms with E-state index in [1.54, 1.807) is 0 Å². The van der Waals surface area contributed by atoms with Gasteiger partial charge in [-0.2, -0.15) is 0 Å². The van der Waals surface area contributed by atoms with Crippen molar-refractivity contribution in [3.63, 3.8) is 0 Å². The predicted molar refractivity (Wildman–Crippen MR) is 55.4 cm³/mol. The van der Waals surface area contributed by atoms with Crippen molar-refractivity contribution in [1.82, 2.24) is 0 Å². The number of nitrogens with one attached hydrogen (secondary N) is 1. The molecule has 2 rings (SSSR count). The van der Waals surface area contributed by atoms with E-state index in [-0.39, 0.29) is 0 Å². The van der Waals surface area contributed by atoms with Crippen molar-refractivity contribution in [2.45, 2.75) is 6.92 Å². The van der Waals surface area contributed by atoms with Gasteiger partial charge in [0, 0.05) is 23.0 Å². The molecule has 0 aliphatic heterocycles. The first-order valence-electron chi connectivity index (χ1n) is 4.22. The lowest BCUT2D eigenvalue weighted by Crippen LogP contribution is -1.93. The molecule has 0 radical (unpaired) electrons. The Morgan fingerprint density at radius 3 is 3.00 bits per heavy atom. The molecular formula is C10H10ClNO. The maximum Gasteiger partial charge on any atom is 0.194 e. The summed E-state index contributed by atoms with van der Waals surface area (Å²) < 4.78 is 5.49. The molecule has 3 heteroatoms. The average Bonchev–Trinajstić information content (AvgIpc) is 2.46. The van der Waals surface area contributed by atoms with Crippen molar-refractivity contribution in [3.8, 4) is 0 Å². The highest BCUT2D eigenvalue weighted by molar-refractivity contribution is 6.31. The van der Waals surface area contributed by atoms with E-state index in [2.05, 4.69) is 5.32 Å². The lowest BCUT2D eigenvalue weighted by Gasteiger charge is -1.93. The molecule has 1 aromatic heterocycles. The fourth-order valence-corrected chi connectivity index (χ4v) is 1.46. The molecule has 0 fully saturated rings. The van der Waals surface area contributed by atoms with Crippen LogP contribution in [0.2, 0.25) is 5.02 Å². The molecule has 0 saturated heterocycles. The van der Waals surface area contributed by atoms with Gasteiger partial charge in [-0.15, -0.1) is 0 Å². The molecule has 2 aromatic rings. The number of halogens is 1. The second-order valence-electron chi connectivity index (χ2n) is 2.82. The van der Waals surface area contributed by atoms with Gasteiger partial charge in [0.15, 0.2) is 5.88 Å². The molecule has 0 amide bonds. The number of hydrogen-bond acceptors (Lipinski definition) is 2. The molecule has 0 spiro atoms. The molecule has 0 unspecified atom stereocenters. The van der Waals surface area contributed by atoms with E-state index in [0.717, 1.165) is 28.4 Å². The second-order valence-corrected chi connectivity index (χ2v) is 3.26. The maximum atomic E-state index is 5.84. The molecule has 0 saturated carbocycles. The van der Waals surface area contributed by atoms with Gasteiger partial charge in [-0.1, -0.05) is 11.6 Å². The summed E-state index contributed by atoms with van der Waals surface area (Å²) >= 11 is 5.84. The molecule has 1 heterocycles. The monoisotopic (exact) mass is 195 g/mol. The van der Waals surface area contributed by atoms with Gasteiger partial charge in [-0.25, -0.2) is 0 Å². The molecule has 13 heavy (non-hydrogen) atoms. The summed E-state index contributed by atoms with van der Waals surface area (Å²) in [7, 11) is 0. The zero-order chi connectivity index (χ0) is 9.26. The maximum absolute atomic E-state index is 5.84. The summed E-state index contributed by atoms with van der Waals surface area (Å²) in [6.45, 7) is 2.88. The van der Waals surface area contributed by atoms with Crippen LogP contribution >= 0.6 is 11.6 Å². The number of hydrogen-bond donors (Lipinski definition) is 1. The largest absolute Gasteiger partial charge is 0.441 e. The zero-order valence-corrected chi connectivity index (χ0v) is 8.06. The predicted octanol–water partition coefficient (Wildman–Crippen LogP) is 3.52. The van der Waals surface area contributed by atoms with E-state index in [4.69, 9.17) is 16.0 Å². The molecule has 0 aliphatic carbocycles. The third-order valence-electron chi connectivity index (χ3n) is 1.83. The Balaban J connectivity index is 2.49. The Kier molecular flexibility index (Phi) is 2.15. The average molecular weight is 196 g/mol. The van der Waals surface area contributed by atoms with Crippen molar-refractivity contribution in [2.24, 2.45) is 0 Å². The third kappa shape index (κ3) is 1.63. The second kappa shape index (κ2) is 3.30. The minimum absolute atomic E-state index is 0.733. The third-order valence-corrected chi connectivity index (χ3v) is 2.06. The van der Waals surface area contributed by atoms with Crippen LogP contribution in [0.15, 0.2) is 28.7 Å². The van der Waals surface area contributed by atoms with Crippen LogP contribution in [0.1, 0.15) is 6.92 Å². The summed E-state index contributed by atoms with van der Waals surface area (Å²) in [6.07, 6.45) is 0. The summed E-state index contributed by atoms with van der Waals surface area (Å²) in [5.41, 5.74) is 0.861. The fraction of sp³-hybridized carbons (Fsp3) is 0.200. The van der Waals surface area contributed by atoms with Gasteiger partial charge in [0.1, 0.15) is 5.58 Å². The van der Waals surface area contributed by atoms with Crippen LogP contribution in [-0.4, -0.2) is 6.54 Å². The number of benzene rings is 1. The first-order chi connectivity index (χ1) is 6.29. The van der Waals surface area contributed by atoms with Crippen molar-refractivity contribution in [2.75, 3.05) is 11.9 Å². The molecule has 2 nitrogen and oxygen atoms in total.